The van der Waals surface area contributed by atoms with Gasteiger partial charge < -0.3 is 13.9 Å². The van der Waals surface area contributed by atoms with Crippen molar-refractivity contribution in [2.45, 2.75) is 13.5 Å². The minimum atomic E-state index is 0.323. The van der Waals surface area contributed by atoms with Crippen LogP contribution < -0.4 is 9.47 Å². The predicted octanol–water partition coefficient (Wildman–Crippen LogP) is 4.25. The molecule has 3 rings (SSSR count). The summed E-state index contributed by atoms with van der Waals surface area (Å²) in [6, 6.07) is 10.9. The van der Waals surface area contributed by atoms with E-state index in [-0.39, 0.29) is 0 Å². The van der Waals surface area contributed by atoms with Crippen LogP contribution in [0.2, 0.25) is 0 Å². The van der Waals surface area contributed by atoms with Crippen LogP contribution in [0, 0.1) is 11.3 Å². The number of hydrogen-bond donors (Lipinski definition) is 0. The number of nitrogens with zero attached hydrogens (tertiary/aromatic N) is 2. The van der Waals surface area contributed by atoms with Crippen LogP contribution in [-0.4, -0.2) is 11.6 Å². The predicted molar refractivity (Wildman–Crippen MR) is 86.5 cm³/mol. The third-order valence-electron chi connectivity index (χ3n) is 3.03. The molecule has 0 N–H and O–H groups in total. The zero-order chi connectivity index (χ0) is 16.1. The van der Waals surface area contributed by atoms with Gasteiger partial charge in [-0.05, 0) is 31.2 Å². The summed E-state index contributed by atoms with van der Waals surface area (Å²) < 4.78 is 16.6. The molecule has 6 heteroatoms. The first kappa shape index (κ1) is 15.1. The molecule has 23 heavy (non-hydrogen) atoms. The maximum Gasteiger partial charge on any atom is 0.162 e. The van der Waals surface area contributed by atoms with Crippen molar-refractivity contribution in [3.63, 3.8) is 0 Å². The van der Waals surface area contributed by atoms with Crippen LogP contribution >= 0.6 is 11.3 Å². The molecule has 5 nitrogen and oxygen atoms in total. The summed E-state index contributed by atoms with van der Waals surface area (Å²) in [7, 11) is 0. The van der Waals surface area contributed by atoms with E-state index < -0.39 is 0 Å². The van der Waals surface area contributed by atoms with Gasteiger partial charge in [0, 0.05) is 11.4 Å². The molecule has 0 aliphatic carbocycles. The number of aromatic nitrogens is 1. The van der Waals surface area contributed by atoms with E-state index in [0.717, 1.165) is 16.5 Å². The van der Waals surface area contributed by atoms with Crippen molar-refractivity contribution < 1.29 is 13.9 Å². The van der Waals surface area contributed by atoms with Crippen LogP contribution in [0.25, 0.3) is 10.8 Å². The van der Waals surface area contributed by atoms with Crippen LogP contribution in [0.3, 0.4) is 0 Å². The molecule has 0 amide bonds. The summed E-state index contributed by atoms with van der Waals surface area (Å²) in [5, 5.41) is 11.7. The Labute approximate surface area is 137 Å². The first-order valence-electron chi connectivity index (χ1n) is 7.08. The summed E-state index contributed by atoms with van der Waals surface area (Å²) in [6.07, 6.45) is 1.62. The van der Waals surface area contributed by atoms with Crippen LogP contribution in [0.1, 0.15) is 18.2 Å². The maximum atomic E-state index is 8.96. The molecule has 0 unspecified atom stereocenters. The average Bonchev–Trinajstić information content (AvgIpc) is 3.25. The number of furan rings is 1. The fourth-order valence-electron chi connectivity index (χ4n) is 2.00. The van der Waals surface area contributed by atoms with Gasteiger partial charge in [0.1, 0.15) is 6.61 Å². The number of thiazole rings is 1. The van der Waals surface area contributed by atoms with Crippen molar-refractivity contribution >= 4 is 11.3 Å². The van der Waals surface area contributed by atoms with Gasteiger partial charge in [-0.3, -0.25) is 0 Å². The lowest BCUT2D eigenvalue weighted by Gasteiger charge is -2.11. The first-order chi connectivity index (χ1) is 11.3. The van der Waals surface area contributed by atoms with Crippen LogP contribution in [0.15, 0.2) is 46.4 Å². The normalized spacial score (nSPS) is 10.3. The topological polar surface area (TPSA) is 68.3 Å². The molecule has 2 aromatic heterocycles. The quantitative estimate of drug-likeness (QED) is 0.677. The highest BCUT2D eigenvalue weighted by Gasteiger charge is 2.10. The number of hydrogen-bond acceptors (Lipinski definition) is 6. The Kier molecular flexibility index (Phi) is 4.60. The van der Waals surface area contributed by atoms with Crippen molar-refractivity contribution in [1.29, 1.82) is 5.26 Å². The Morgan fingerprint density at radius 3 is 2.91 bits per heavy atom. The fourth-order valence-corrected chi connectivity index (χ4v) is 2.77. The molecule has 0 bridgehead atoms. The molecule has 116 valence electrons. The Morgan fingerprint density at radius 1 is 1.26 bits per heavy atom. The van der Waals surface area contributed by atoms with E-state index in [1.807, 2.05) is 24.4 Å². The first-order valence-corrected chi connectivity index (χ1v) is 7.96. The van der Waals surface area contributed by atoms with E-state index in [2.05, 4.69) is 11.1 Å². The molecular weight excluding hydrogens is 312 g/mol. The Hall–Kier alpha value is -2.78. The highest BCUT2D eigenvalue weighted by molar-refractivity contribution is 7.13. The third kappa shape index (κ3) is 3.52. The largest absolute Gasteiger partial charge is 0.490 e. The molecule has 0 radical (unpaired) electrons. The van der Waals surface area contributed by atoms with Crippen molar-refractivity contribution in [2.75, 3.05) is 6.61 Å². The maximum absolute atomic E-state index is 8.96. The molecule has 0 aliphatic rings. The van der Waals surface area contributed by atoms with E-state index in [1.165, 1.54) is 11.3 Å². The van der Waals surface area contributed by atoms with E-state index in [4.69, 9.17) is 19.2 Å². The molecule has 0 saturated carbocycles. The van der Waals surface area contributed by atoms with Crippen LogP contribution in [-0.2, 0) is 6.61 Å². The molecule has 0 saturated heterocycles. The number of rotatable bonds is 6. The number of ether oxygens (including phenoxy) is 2. The van der Waals surface area contributed by atoms with Crippen molar-refractivity contribution in [3.8, 4) is 28.3 Å². The SMILES string of the molecule is CCOc1cc(C#N)ccc1OCc1csc(-c2ccco2)n1. The van der Waals surface area contributed by atoms with Gasteiger partial charge in [-0.1, -0.05) is 0 Å². The van der Waals surface area contributed by atoms with Gasteiger partial charge in [0.2, 0.25) is 0 Å². The third-order valence-corrected chi connectivity index (χ3v) is 3.94. The lowest BCUT2D eigenvalue weighted by Crippen LogP contribution is -2.00. The van der Waals surface area contributed by atoms with E-state index in [0.29, 0.717) is 30.3 Å². The molecule has 0 fully saturated rings. The van der Waals surface area contributed by atoms with Crippen LogP contribution in [0.4, 0.5) is 0 Å². The minimum Gasteiger partial charge on any atom is -0.490 e. The molecule has 0 spiro atoms. The van der Waals surface area contributed by atoms with Crippen molar-refractivity contribution in [3.05, 3.63) is 53.2 Å². The van der Waals surface area contributed by atoms with Gasteiger partial charge in [0.05, 0.1) is 30.2 Å². The van der Waals surface area contributed by atoms with Crippen molar-refractivity contribution in [2.24, 2.45) is 0 Å². The van der Waals surface area contributed by atoms with Crippen molar-refractivity contribution in [1.82, 2.24) is 4.98 Å². The Balaban J connectivity index is 1.72. The molecule has 0 atom stereocenters. The average molecular weight is 326 g/mol. The highest BCUT2D eigenvalue weighted by Crippen LogP contribution is 2.30. The van der Waals surface area contributed by atoms with Gasteiger partial charge in [-0.15, -0.1) is 11.3 Å². The molecule has 1 aromatic carbocycles. The van der Waals surface area contributed by atoms with Crippen LogP contribution in [0.5, 0.6) is 11.5 Å². The fraction of sp³-hybridized carbons (Fsp3) is 0.176. The zero-order valence-electron chi connectivity index (χ0n) is 12.5. The number of nitriles is 1. The summed E-state index contributed by atoms with van der Waals surface area (Å²) in [5.41, 5.74) is 1.35. The highest BCUT2D eigenvalue weighted by atomic mass is 32.1. The van der Waals surface area contributed by atoms with Gasteiger partial charge >= 0.3 is 0 Å². The summed E-state index contributed by atoms with van der Waals surface area (Å²) in [4.78, 5) is 4.48. The minimum absolute atomic E-state index is 0.323. The molecule has 3 aromatic rings. The molecule has 0 aliphatic heterocycles. The Bertz CT molecular complexity index is 819. The summed E-state index contributed by atoms with van der Waals surface area (Å²) in [6.45, 7) is 2.71. The second kappa shape index (κ2) is 6.99. The van der Waals surface area contributed by atoms with E-state index in [9.17, 15) is 0 Å². The second-order valence-electron chi connectivity index (χ2n) is 4.62. The molecular formula is C17H14N2O3S. The second-order valence-corrected chi connectivity index (χ2v) is 5.47. The summed E-state index contributed by atoms with van der Waals surface area (Å²) in [5.74, 6) is 1.90. The van der Waals surface area contributed by atoms with Gasteiger partial charge in [0.15, 0.2) is 22.3 Å². The number of benzene rings is 1. The van der Waals surface area contributed by atoms with Gasteiger partial charge in [0.25, 0.3) is 0 Å². The smallest absolute Gasteiger partial charge is 0.162 e. The molecule has 2 heterocycles. The monoisotopic (exact) mass is 326 g/mol. The van der Waals surface area contributed by atoms with E-state index in [1.54, 1.807) is 24.5 Å². The Morgan fingerprint density at radius 2 is 2.17 bits per heavy atom. The lowest BCUT2D eigenvalue weighted by molar-refractivity contribution is 0.267. The zero-order valence-corrected chi connectivity index (χ0v) is 13.3. The van der Waals surface area contributed by atoms with Gasteiger partial charge in [-0.2, -0.15) is 5.26 Å². The standard InChI is InChI=1S/C17H14N2O3S/c1-2-20-16-8-12(9-18)5-6-14(16)22-10-13-11-23-17(19-13)15-4-3-7-21-15/h3-8,11H,2,10H2,1H3. The lowest BCUT2D eigenvalue weighted by atomic mass is 10.2. The van der Waals surface area contributed by atoms with E-state index >= 15 is 0 Å². The van der Waals surface area contributed by atoms with Gasteiger partial charge in [-0.25, -0.2) is 4.98 Å². The summed E-state index contributed by atoms with van der Waals surface area (Å²) >= 11 is 1.50.